The lowest BCUT2D eigenvalue weighted by Crippen LogP contribution is -2.31. The predicted octanol–water partition coefficient (Wildman–Crippen LogP) is 1.96. The summed E-state index contributed by atoms with van der Waals surface area (Å²) in [4.78, 5) is 0. The van der Waals surface area contributed by atoms with Gasteiger partial charge in [-0.3, -0.25) is 16.0 Å². The molecule has 2 aromatic rings. The normalized spacial score (nSPS) is 12.6. The average molecular weight is 244 g/mol. The Morgan fingerprint density at radius 3 is 2.78 bits per heavy atom. The number of nitrogens with one attached hydrogen (secondary N) is 1. The Hall–Kier alpha value is -1.65. The van der Waals surface area contributed by atoms with E-state index in [9.17, 15) is 0 Å². The molecule has 0 saturated carbocycles. The number of hydrazine groups is 1. The van der Waals surface area contributed by atoms with E-state index in [1.54, 1.807) is 0 Å². The average Bonchev–Trinajstić information content (AvgIpc) is 2.86. The molecule has 1 atom stereocenters. The van der Waals surface area contributed by atoms with Gasteiger partial charge in [-0.2, -0.15) is 5.10 Å². The Morgan fingerprint density at radius 1 is 1.33 bits per heavy atom. The van der Waals surface area contributed by atoms with Crippen LogP contribution in [0.3, 0.4) is 0 Å². The van der Waals surface area contributed by atoms with Gasteiger partial charge in [0.1, 0.15) is 0 Å². The van der Waals surface area contributed by atoms with Crippen LogP contribution in [0, 0.1) is 6.92 Å². The second-order valence-electron chi connectivity index (χ2n) is 4.42. The highest BCUT2D eigenvalue weighted by molar-refractivity contribution is 5.27. The van der Waals surface area contributed by atoms with Crippen LogP contribution in [-0.4, -0.2) is 9.78 Å². The fourth-order valence-corrected chi connectivity index (χ4v) is 2.21. The zero-order chi connectivity index (χ0) is 13.0. The summed E-state index contributed by atoms with van der Waals surface area (Å²) in [5, 5.41) is 4.29. The number of aromatic nitrogens is 2. The highest BCUT2D eigenvalue weighted by atomic mass is 15.3. The van der Waals surface area contributed by atoms with Gasteiger partial charge in [-0.1, -0.05) is 24.3 Å². The number of hydrogen-bond acceptors (Lipinski definition) is 3. The van der Waals surface area contributed by atoms with Gasteiger partial charge in [0.05, 0.1) is 11.7 Å². The molecule has 0 radical (unpaired) electrons. The number of hydrogen-bond donors (Lipinski definition) is 2. The molecule has 1 unspecified atom stereocenters. The fourth-order valence-electron chi connectivity index (χ4n) is 2.21. The van der Waals surface area contributed by atoms with Crippen molar-refractivity contribution in [1.29, 1.82) is 0 Å². The summed E-state index contributed by atoms with van der Waals surface area (Å²) in [6, 6.07) is 10.5. The van der Waals surface area contributed by atoms with Gasteiger partial charge in [-0.05, 0) is 37.5 Å². The largest absolute Gasteiger partial charge is 0.271 e. The summed E-state index contributed by atoms with van der Waals surface area (Å²) in [5.41, 5.74) is 6.62. The molecule has 4 nitrogen and oxygen atoms in total. The quantitative estimate of drug-likeness (QED) is 0.624. The summed E-state index contributed by atoms with van der Waals surface area (Å²) in [5.74, 6) is 5.69. The number of benzene rings is 1. The predicted molar refractivity (Wildman–Crippen MR) is 72.8 cm³/mol. The van der Waals surface area contributed by atoms with Gasteiger partial charge in [-0.15, -0.1) is 0 Å². The van der Waals surface area contributed by atoms with Crippen molar-refractivity contribution >= 4 is 0 Å². The summed E-state index contributed by atoms with van der Waals surface area (Å²) in [7, 11) is 0. The molecule has 3 N–H and O–H groups in total. The van der Waals surface area contributed by atoms with E-state index in [0.717, 1.165) is 18.7 Å². The molecule has 0 saturated heterocycles. The molecule has 0 fully saturated rings. The molecule has 0 aliphatic rings. The maximum atomic E-state index is 5.69. The van der Waals surface area contributed by atoms with Gasteiger partial charge in [0.25, 0.3) is 0 Å². The number of aryl methyl sites for hydroxylation is 2. The number of nitrogens with zero attached hydrogens (tertiary/aromatic N) is 2. The third-order valence-electron chi connectivity index (χ3n) is 3.29. The summed E-state index contributed by atoms with van der Waals surface area (Å²) >= 11 is 0. The summed E-state index contributed by atoms with van der Waals surface area (Å²) < 4.78 is 1.98. The second kappa shape index (κ2) is 5.80. The van der Waals surface area contributed by atoms with Crippen molar-refractivity contribution in [3.63, 3.8) is 0 Å². The molecule has 2 rings (SSSR count). The van der Waals surface area contributed by atoms with Crippen LogP contribution in [0.2, 0.25) is 0 Å². The lowest BCUT2D eigenvalue weighted by Gasteiger charge is -2.18. The molecule has 18 heavy (non-hydrogen) atoms. The molecule has 96 valence electrons. The standard InChI is InChI=1S/C14H20N4/c1-3-18-14(8-9-16-18)13(17-15)10-12-7-5-4-6-11(12)2/h4-9,13,17H,3,10,15H2,1-2H3. The van der Waals surface area contributed by atoms with Crippen molar-refractivity contribution < 1.29 is 0 Å². The van der Waals surface area contributed by atoms with Crippen molar-refractivity contribution in [2.75, 3.05) is 0 Å². The van der Waals surface area contributed by atoms with Crippen LogP contribution in [0.5, 0.6) is 0 Å². The Bertz CT molecular complexity index is 504. The van der Waals surface area contributed by atoms with E-state index in [-0.39, 0.29) is 6.04 Å². The second-order valence-corrected chi connectivity index (χ2v) is 4.42. The molecule has 0 bridgehead atoms. The van der Waals surface area contributed by atoms with E-state index in [1.807, 2.05) is 16.9 Å². The van der Waals surface area contributed by atoms with Gasteiger partial charge in [-0.25, -0.2) is 0 Å². The zero-order valence-corrected chi connectivity index (χ0v) is 10.9. The molecule has 1 aromatic carbocycles. The fraction of sp³-hybridized carbons (Fsp3) is 0.357. The first-order valence-corrected chi connectivity index (χ1v) is 6.28. The summed E-state index contributed by atoms with van der Waals surface area (Å²) in [6.07, 6.45) is 2.69. The van der Waals surface area contributed by atoms with Crippen LogP contribution >= 0.6 is 0 Å². The van der Waals surface area contributed by atoms with E-state index >= 15 is 0 Å². The van der Waals surface area contributed by atoms with Gasteiger partial charge in [0.15, 0.2) is 0 Å². The number of nitrogens with two attached hydrogens (primary N) is 1. The van der Waals surface area contributed by atoms with Crippen LogP contribution < -0.4 is 11.3 Å². The molecule has 0 spiro atoms. The minimum atomic E-state index is 0.0913. The van der Waals surface area contributed by atoms with Crippen LogP contribution in [0.25, 0.3) is 0 Å². The maximum absolute atomic E-state index is 5.69. The van der Waals surface area contributed by atoms with E-state index in [1.165, 1.54) is 11.1 Å². The molecular formula is C14H20N4. The molecule has 0 aliphatic carbocycles. The van der Waals surface area contributed by atoms with E-state index < -0.39 is 0 Å². The highest BCUT2D eigenvalue weighted by Gasteiger charge is 2.15. The lowest BCUT2D eigenvalue weighted by atomic mass is 9.99. The Morgan fingerprint density at radius 2 is 2.11 bits per heavy atom. The molecule has 0 amide bonds. The summed E-state index contributed by atoms with van der Waals surface area (Å²) in [6.45, 7) is 5.06. The van der Waals surface area contributed by atoms with Crippen molar-refractivity contribution in [3.05, 3.63) is 53.3 Å². The van der Waals surface area contributed by atoms with Crippen molar-refractivity contribution in [1.82, 2.24) is 15.2 Å². The molecule has 4 heteroatoms. The van der Waals surface area contributed by atoms with Gasteiger partial charge in [0, 0.05) is 12.7 Å². The van der Waals surface area contributed by atoms with Crippen molar-refractivity contribution in [2.24, 2.45) is 5.84 Å². The topological polar surface area (TPSA) is 55.9 Å². The first-order valence-electron chi connectivity index (χ1n) is 6.28. The molecular weight excluding hydrogens is 224 g/mol. The van der Waals surface area contributed by atoms with Crippen molar-refractivity contribution in [3.8, 4) is 0 Å². The monoisotopic (exact) mass is 244 g/mol. The maximum Gasteiger partial charge on any atom is 0.0669 e. The smallest absolute Gasteiger partial charge is 0.0669 e. The van der Waals surface area contributed by atoms with Gasteiger partial charge >= 0.3 is 0 Å². The molecule has 1 aromatic heterocycles. The van der Waals surface area contributed by atoms with Crippen LogP contribution in [0.15, 0.2) is 36.5 Å². The lowest BCUT2D eigenvalue weighted by molar-refractivity contribution is 0.490. The third kappa shape index (κ3) is 2.60. The number of rotatable bonds is 5. The third-order valence-corrected chi connectivity index (χ3v) is 3.29. The Labute approximate surface area is 108 Å². The molecule has 0 aliphatic heterocycles. The molecule has 1 heterocycles. The van der Waals surface area contributed by atoms with Crippen molar-refractivity contribution in [2.45, 2.75) is 32.9 Å². The van der Waals surface area contributed by atoms with E-state index in [0.29, 0.717) is 0 Å². The first kappa shape index (κ1) is 12.8. The van der Waals surface area contributed by atoms with Gasteiger partial charge in [0.2, 0.25) is 0 Å². The minimum absolute atomic E-state index is 0.0913. The SMILES string of the molecule is CCn1nccc1C(Cc1ccccc1C)NN. The first-order chi connectivity index (χ1) is 8.76. The van der Waals surface area contributed by atoms with Crippen LogP contribution in [0.4, 0.5) is 0 Å². The van der Waals surface area contributed by atoms with Gasteiger partial charge < -0.3 is 0 Å². The zero-order valence-electron chi connectivity index (χ0n) is 10.9. The Kier molecular flexibility index (Phi) is 4.12. The van der Waals surface area contributed by atoms with E-state index in [4.69, 9.17) is 5.84 Å². The van der Waals surface area contributed by atoms with E-state index in [2.05, 4.69) is 48.6 Å². The minimum Gasteiger partial charge on any atom is -0.271 e. The van der Waals surface area contributed by atoms with Crippen LogP contribution in [0.1, 0.15) is 29.8 Å². The highest BCUT2D eigenvalue weighted by Crippen LogP contribution is 2.19. The Balaban J connectivity index is 2.23. The van der Waals surface area contributed by atoms with Crippen LogP contribution in [-0.2, 0) is 13.0 Å².